The second-order valence-corrected chi connectivity index (χ2v) is 8.24. The van der Waals surface area contributed by atoms with Crippen LogP contribution in [0.2, 0.25) is 0 Å². The van der Waals surface area contributed by atoms with Crippen LogP contribution in [0.15, 0.2) is 42.7 Å². The minimum atomic E-state index is 0.810. The summed E-state index contributed by atoms with van der Waals surface area (Å²) in [6.07, 6.45) is 4.84. The van der Waals surface area contributed by atoms with Gasteiger partial charge in [-0.1, -0.05) is 19.1 Å². The molecule has 6 heteroatoms. The van der Waals surface area contributed by atoms with Gasteiger partial charge < -0.3 is 15.2 Å². The molecule has 1 aliphatic rings. The Kier molecular flexibility index (Phi) is 5.16. The summed E-state index contributed by atoms with van der Waals surface area (Å²) in [5, 5.41) is 4.63. The predicted octanol–water partition coefficient (Wildman–Crippen LogP) is 4.28. The van der Waals surface area contributed by atoms with Gasteiger partial charge in [-0.2, -0.15) is 0 Å². The number of piperazine rings is 1. The minimum absolute atomic E-state index is 0.810. The highest BCUT2D eigenvalue weighted by molar-refractivity contribution is 5.93. The fourth-order valence-corrected chi connectivity index (χ4v) is 4.53. The maximum absolute atomic E-state index is 4.67. The van der Waals surface area contributed by atoms with E-state index in [1.54, 1.807) is 0 Å². The lowest BCUT2D eigenvalue weighted by Crippen LogP contribution is -2.44. The zero-order valence-corrected chi connectivity index (χ0v) is 18.4. The number of hydrogen-bond donors (Lipinski definition) is 2. The van der Waals surface area contributed by atoms with Gasteiger partial charge in [-0.15, -0.1) is 0 Å². The lowest BCUT2D eigenvalue weighted by molar-refractivity contribution is 0.580. The maximum Gasteiger partial charge on any atom is 0.225 e. The molecule has 0 radical (unpaired) electrons. The van der Waals surface area contributed by atoms with Crippen molar-refractivity contribution in [1.29, 1.82) is 0 Å². The van der Waals surface area contributed by atoms with Gasteiger partial charge in [-0.05, 0) is 55.2 Å². The smallest absolute Gasteiger partial charge is 0.225 e. The molecule has 4 heterocycles. The van der Waals surface area contributed by atoms with E-state index in [4.69, 9.17) is 0 Å². The van der Waals surface area contributed by atoms with Crippen LogP contribution in [0.4, 0.5) is 5.95 Å². The molecule has 1 fully saturated rings. The van der Waals surface area contributed by atoms with E-state index in [1.165, 1.54) is 22.1 Å². The largest absolute Gasteiger partial charge is 0.354 e. The number of aromatic nitrogens is 4. The van der Waals surface area contributed by atoms with Gasteiger partial charge in [-0.25, -0.2) is 9.97 Å². The maximum atomic E-state index is 4.67. The number of fused-ring (bicyclic) bond motifs is 1. The van der Waals surface area contributed by atoms with E-state index in [0.717, 1.165) is 66.7 Å². The lowest BCUT2D eigenvalue weighted by Gasteiger charge is -2.27. The summed E-state index contributed by atoms with van der Waals surface area (Å²) >= 11 is 0. The summed E-state index contributed by atoms with van der Waals surface area (Å²) in [6.45, 7) is 10.1. The van der Waals surface area contributed by atoms with E-state index >= 15 is 0 Å². The summed E-state index contributed by atoms with van der Waals surface area (Å²) in [5.41, 5.74) is 9.07. The van der Waals surface area contributed by atoms with Crippen LogP contribution >= 0.6 is 0 Å². The van der Waals surface area contributed by atoms with Crippen LogP contribution in [0.25, 0.3) is 33.3 Å². The number of nitrogens with zero attached hydrogens (tertiary/aromatic N) is 4. The second-order valence-electron chi connectivity index (χ2n) is 8.24. The molecule has 0 aliphatic carbocycles. The van der Waals surface area contributed by atoms with E-state index in [0.29, 0.717) is 0 Å². The molecule has 1 aliphatic heterocycles. The molecule has 4 aromatic rings. The summed E-state index contributed by atoms with van der Waals surface area (Å²) < 4.78 is 0. The Morgan fingerprint density at radius 1 is 0.903 bits per heavy atom. The Labute approximate surface area is 182 Å². The van der Waals surface area contributed by atoms with Gasteiger partial charge in [0.25, 0.3) is 0 Å². The molecule has 0 bridgehead atoms. The fraction of sp³-hybridized carbons (Fsp3) is 0.320. The Morgan fingerprint density at radius 2 is 1.61 bits per heavy atom. The van der Waals surface area contributed by atoms with Gasteiger partial charge in [0, 0.05) is 66.4 Å². The van der Waals surface area contributed by atoms with Crippen molar-refractivity contribution in [3.63, 3.8) is 0 Å². The molecular weight excluding hydrogens is 384 g/mol. The Morgan fingerprint density at radius 3 is 2.29 bits per heavy atom. The third-order valence-corrected chi connectivity index (χ3v) is 6.00. The molecule has 0 spiro atoms. The van der Waals surface area contributed by atoms with Crippen LogP contribution < -0.4 is 10.2 Å². The number of anilines is 1. The number of aryl methyl sites for hydroxylation is 3. The molecule has 3 aromatic heterocycles. The SMILES string of the molecule is CCc1c(-c2cnc(N3CCNCC3)nc2)[nH]c2cc(-c3cc(C)nc(C)c3)ccc12. The average molecular weight is 413 g/mol. The highest BCUT2D eigenvalue weighted by atomic mass is 15.3. The number of aromatic amines is 1. The van der Waals surface area contributed by atoms with Crippen molar-refractivity contribution < 1.29 is 0 Å². The number of hydrogen-bond acceptors (Lipinski definition) is 5. The third kappa shape index (κ3) is 3.79. The average Bonchev–Trinajstić information content (AvgIpc) is 3.17. The summed E-state index contributed by atoms with van der Waals surface area (Å²) in [7, 11) is 0. The van der Waals surface area contributed by atoms with Crippen molar-refractivity contribution >= 4 is 16.9 Å². The molecular formula is C25H28N6. The summed E-state index contributed by atoms with van der Waals surface area (Å²) in [5.74, 6) is 0.810. The highest BCUT2D eigenvalue weighted by Gasteiger charge is 2.16. The van der Waals surface area contributed by atoms with Gasteiger partial charge in [0.2, 0.25) is 5.95 Å². The fourth-order valence-electron chi connectivity index (χ4n) is 4.53. The van der Waals surface area contributed by atoms with E-state index in [9.17, 15) is 0 Å². The molecule has 1 aromatic carbocycles. The van der Waals surface area contributed by atoms with Gasteiger partial charge >= 0.3 is 0 Å². The molecule has 158 valence electrons. The van der Waals surface area contributed by atoms with Crippen LogP contribution in [0.5, 0.6) is 0 Å². The van der Waals surface area contributed by atoms with Crippen LogP contribution in [0.1, 0.15) is 23.9 Å². The summed E-state index contributed by atoms with van der Waals surface area (Å²) in [4.78, 5) is 19.7. The number of H-pyrrole nitrogens is 1. The predicted molar refractivity (Wildman–Crippen MR) is 126 cm³/mol. The Bertz CT molecular complexity index is 1200. The van der Waals surface area contributed by atoms with Crippen molar-refractivity contribution in [1.82, 2.24) is 25.3 Å². The molecule has 0 amide bonds. The number of benzene rings is 1. The van der Waals surface area contributed by atoms with Crippen LogP contribution in [-0.2, 0) is 6.42 Å². The van der Waals surface area contributed by atoms with Crippen molar-refractivity contribution in [2.24, 2.45) is 0 Å². The van der Waals surface area contributed by atoms with Gasteiger partial charge in [0.1, 0.15) is 0 Å². The first-order chi connectivity index (χ1) is 15.1. The first kappa shape index (κ1) is 19.7. The second kappa shape index (κ2) is 8.12. The highest BCUT2D eigenvalue weighted by Crippen LogP contribution is 2.33. The molecule has 1 saturated heterocycles. The van der Waals surface area contributed by atoms with E-state index in [1.807, 2.05) is 26.2 Å². The number of rotatable bonds is 4. The van der Waals surface area contributed by atoms with E-state index in [2.05, 4.69) is 67.4 Å². The van der Waals surface area contributed by atoms with Crippen LogP contribution in [0.3, 0.4) is 0 Å². The zero-order chi connectivity index (χ0) is 21.4. The van der Waals surface area contributed by atoms with Gasteiger partial charge in [0.15, 0.2) is 0 Å². The Balaban J connectivity index is 1.53. The molecule has 5 rings (SSSR count). The van der Waals surface area contributed by atoms with Crippen molar-refractivity contribution in [2.75, 3.05) is 31.1 Å². The topological polar surface area (TPSA) is 69.7 Å². The molecule has 6 nitrogen and oxygen atoms in total. The van der Waals surface area contributed by atoms with E-state index < -0.39 is 0 Å². The van der Waals surface area contributed by atoms with Crippen molar-refractivity contribution in [3.05, 3.63) is 59.7 Å². The first-order valence-electron chi connectivity index (χ1n) is 11.0. The van der Waals surface area contributed by atoms with Crippen molar-refractivity contribution in [3.8, 4) is 22.4 Å². The van der Waals surface area contributed by atoms with Gasteiger partial charge in [0.05, 0.1) is 5.69 Å². The molecule has 0 atom stereocenters. The Hall–Kier alpha value is -3.25. The standard InChI is InChI=1S/C25H28N6/c1-4-21-22-6-5-18(19-11-16(2)29-17(3)12-19)13-23(22)30-24(21)20-14-27-25(28-15-20)31-9-7-26-8-10-31/h5-6,11-15,26,30H,4,7-10H2,1-3H3. The quantitative estimate of drug-likeness (QED) is 0.524. The number of pyridine rings is 1. The summed E-state index contributed by atoms with van der Waals surface area (Å²) in [6, 6.07) is 11.0. The minimum Gasteiger partial charge on any atom is -0.354 e. The molecule has 0 unspecified atom stereocenters. The number of nitrogens with one attached hydrogen (secondary N) is 2. The monoisotopic (exact) mass is 412 g/mol. The van der Waals surface area contributed by atoms with Crippen molar-refractivity contribution in [2.45, 2.75) is 27.2 Å². The lowest BCUT2D eigenvalue weighted by atomic mass is 10.0. The van der Waals surface area contributed by atoms with Crippen LogP contribution in [-0.4, -0.2) is 46.1 Å². The van der Waals surface area contributed by atoms with E-state index in [-0.39, 0.29) is 0 Å². The van der Waals surface area contributed by atoms with Crippen LogP contribution in [0, 0.1) is 13.8 Å². The zero-order valence-electron chi connectivity index (χ0n) is 18.4. The van der Waals surface area contributed by atoms with Gasteiger partial charge in [-0.3, -0.25) is 4.98 Å². The first-order valence-corrected chi connectivity index (χ1v) is 11.0. The molecule has 2 N–H and O–H groups in total. The normalized spacial score (nSPS) is 14.4. The third-order valence-electron chi connectivity index (χ3n) is 6.00. The molecule has 31 heavy (non-hydrogen) atoms. The molecule has 0 saturated carbocycles.